The van der Waals surface area contributed by atoms with Gasteiger partial charge in [0.2, 0.25) is 0 Å². The first kappa shape index (κ1) is 16.0. The van der Waals surface area contributed by atoms with Crippen molar-refractivity contribution < 1.29 is 18.0 Å². The Morgan fingerprint density at radius 2 is 1.74 bits per heavy atom. The molecule has 23 heavy (non-hydrogen) atoms. The van der Waals surface area contributed by atoms with Gasteiger partial charge in [0.05, 0.1) is 10.6 Å². The highest BCUT2D eigenvalue weighted by Gasteiger charge is 2.52. The van der Waals surface area contributed by atoms with Gasteiger partial charge in [-0.2, -0.15) is 0 Å². The summed E-state index contributed by atoms with van der Waals surface area (Å²) in [5.41, 5.74) is -0.727. The second kappa shape index (κ2) is 5.96. The van der Waals surface area contributed by atoms with Crippen LogP contribution in [-0.4, -0.2) is 43.1 Å². The molecule has 1 aromatic rings. The van der Waals surface area contributed by atoms with Gasteiger partial charge in [0, 0.05) is 6.54 Å². The highest BCUT2D eigenvalue weighted by molar-refractivity contribution is 7.91. The number of amides is 3. The topological polar surface area (TPSA) is 83.6 Å². The molecular weight excluding hydrogens is 316 g/mol. The van der Waals surface area contributed by atoms with Gasteiger partial charge in [-0.25, -0.2) is 13.2 Å². The fraction of sp³-hybridized carbons (Fsp3) is 0.500. The SMILES string of the molecule is O=C1NC2(CCCC2)C(=O)N1CCCS(=O)(=O)c1ccccc1. The number of sulfone groups is 1. The van der Waals surface area contributed by atoms with Crippen molar-refractivity contribution in [2.24, 2.45) is 0 Å². The summed E-state index contributed by atoms with van der Waals surface area (Å²) in [7, 11) is -3.38. The van der Waals surface area contributed by atoms with E-state index >= 15 is 0 Å². The van der Waals surface area contributed by atoms with Gasteiger partial charge >= 0.3 is 6.03 Å². The number of carbonyl (C=O) groups excluding carboxylic acids is 2. The Balaban J connectivity index is 1.61. The summed E-state index contributed by atoms with van der Waals surface area (Å²) in [5.74, 6) is -0.279. The van der Waals surface area contributed by atoms with Crippen LogP contribution < -0.4 is 5.32 Å². The minimum absolute atomic E-state index is 0.0823. The lowest BCUT2D eigenvalue weighted by atomic mass is 9.98. The number of nitrogens with one attached hydrogen (secondary N) is 1. The highest BCUT2D eigenvalue weighted by atomic mass is 32.2. The molecule has 2 aliphatic rings. The number of hydrogen-bond donors (Lipinski definition) is 1. The Labute approximate surface area is 135 Å². The average molecular weight is 336 g/mol. The summed E-state index contributed by atoms with van der Waals surface area (Å²) in [5, 5.41) is 2.80. The van der Waals surface area contributed by atoms with Gasteiger partial charge in [-0.05, 0) is 31.4 Å². The van der Waals surface area contributed by atoms with E-state index in [4.69, 9.17) is 0 Å². The fourth-order valence-electron chi connectivity index (χ4n) is 3.36. The lowest BCUT2D eigenvalue weighted by Gasteiger charge is -2.19. The van der Waals surface area contributed by atoms with Gasteiger partial charge in [0.1, 0.15) is 5.54 Å². The van der Waals surface area contributed by atoms with Crippen molar-refractivity contribution >= 4 is 21.8 Å². The van der Waals surface area contributed by atoms with Crippen LogP contribution in [0.3, 0.4) is 0 Å². The number of imide groups is 1. The summed E-state index contributed by atoms with van der Waals surface area (Å²) in [6.45, 7) is 0.137. The van der Waals surface area contributed by atoms with E-state index < -0.39 is 21.4 Å². The van der Waals surface area contributed by atoms with E-state index in [1.54, 1.807) is 30.3 Å². The molecule has 124 valence electrons. The van der Waals surface area contributed by atoms with E-state index in [2.05, 4.69) is 5.32 Å². The molecule has 3 amide bonds. The molecule has 0 unspecified atom stereocenters. The number of nitrogens with zero attached hydrogens (tertiary/aromatic N) is 1. The largest absolute Gasteiger partial charge is 0.325 e. The zero-order valence-electron chi connectivity index (χ0n) is 12.8. The molecule has 1 heterocycles. The van der Waals surface area contributed by atoms with Gasteiger partial charge < -0.3 is 5.32 Å². The summed E-state index contributed by atoms with van der Waals surface area (Å²) in [6.07, 6.45) is 3.46. The number of carbonyl (C=O) groups is 2. The smallest absolute Gasteiger partial charge is 0.323 e. The zero-order chi connectivity index (χ0) is 16.5. The first-order valence-corrected chi connectivity index (χ1v) is 9.52. The quantitative estimate of drug-likeness (QED) is 0.830. The minimum atomic E-state index is -3.38. The van der Waals surface area contributed by atoms with Crippen molar-refractivity contribution in [2.45, 2.75) is 42.5 Å². The highest BCUT2D eigenvalue weighted by Crippen LogP contribution is 2.35. The maximum absolute atomic E-state index is 12.5. The predicted molar refractivity (Wildman–Crippen MR) is 84.6 cm³/mol. The van der Waals surface area contributed by atoms with Crippen molar-refractivity contribution in [1.82, 2.24) is 10.2 Å². The molecule has 1 aromatic carbocycles. The first-order valence-electron chi connectivity index (χ1n) is 7.87. The Hall–Kier alpha value is -1.89. The molecule has 0 atom stereocenters. The minimum Gasteiger partial charge on any atom is -0.323 e. The monoisotopic (exact) mass is 336 g/mol. The lowest BCUT2D eigenvalue weighted by Crippen LogP contribution is -2.44. The van der Waals surface area contributed by atoms with Crippen molar-refractivity contribution in [3.8, 4) is 0 Å². The standard InChI is InChI=1S/C16H20N2O4S/c19-14-16(9-4-5-10-16)17-15(20)18(14)11-6-12-23(21,22)13-7-2-1-3-8-13/h1-3,7-8H,4-6,9-12H2,(H,17,20). The van der Waals surface area contributed by atoms with E-state index in [0.717, 1.165) is 12.8 Å². The van der Waals surface area contributed by atoms with E-state index in [1.165, 1.54) is 4.90 Å². The third-order valence-electron chi connectivity index (χ3n) is 4.60. The molecular formula is C16H20N2O4S. The van der Waals surface area contributed by atoms with Gasteiger partial charge in [0.15, 0.2) is 9.84 Å². The lowest BCUT2D eigenvalue weighted by molar-refractivity contribution is -0.131. The molecule has 1 spiro atoms. The average Bonchev–Trinajstić information content (AvgIpc) is 3.09. The normalized spacial score (nSPS) is 20.3. The second-order valence-electron chi connectivity index (χ2n) is 6.16. The fourth-order valence-corrected chi connectivity index (χ4v) is 4.67. The molecule has 2 fully saturated rings. The van der Waals surface area contributed by atoms with Gasteiger partial charge in [0.25, 0.3) is 5.91 Å². The number of urea groups is 1. The number of hydrogen-bond acceptors (Lipinski definition) is 4. The summed E-state index contributed by atoms with van der Waals surface area (Å²) >= 11 is 0. The van der Waals surface area contributed by atoms with E-state index in [1.807, 2.05) is 0 Å². The van der Waals surface area contributed by atoms with E-state index in [-0.39, 0.29) is 29.5 Å². The maximum atomic E-state index is 12.5. The Kier molecular flexibility index (Phi) is 4.14. The van der Waals surface area contributed by atoms with Crippen molar-refractivity contribution in [3.05, 3.63) is 30.3 Å². The first-order chi connectivity index (χ1) is 10.9. The Bertz CT molecular complexity index is 709. The molecule has 7 heteroatoms. The maximum Gasteiger partial charge on any atom is 0.325 e. The van der Waals surface area contributed by atoms with E-state index in [0.29, 0.717) is 12.8 Å². The summed E-state index contributed by atoms with van der Waals surface area (Å²) in [6, 6.07) is 7.82. The predicted octanol–water partition coefficient (Wildman–Crippen LogP) is 1.71. The van der Waals surface area contributed by atoms with Crippen LogP contribution in [0.15, 0.2) is 35.2 Å². The molecule has 1 aliphatic heterocycles. The van der Waals surface area contributed by atoms with Crippen LogP contribution in [0.25, 0.3) is 0 Å². The molecule has 1 aliphatic carbocycles. The Morgan fingerprint density at radius 3 is 2.39 bits per heavy atom. The van der Waals surface area contributed by atoms with Crippen LogP contribution in [0, 0.1) is 0 Å². The van der Waals surface area contributed by atoms with Crippen LogP contribution in [0.1, 0.15) is 32.1 Å². The number of benzene rings is 1. The van der Waals surface area contributed by atoms with Crippen molar-refractivity contribution in [2.75, 3.05) is 12.3 Å². The summed E-state index contributed by atoms with van der Waals surface area (Å²) < 4.78 is 24.4. The van der Waals surface area contributed by atoms with Crippen LogP contribution >= 0.6 is 0 Å². The molecule has 0 bridgehead atoms. The molecule has 1 saturated carbocycles. The molecule has 1 saturated heterocycles. The van der Waals surface area contributed by atoms with Crippen LogP contribution in [0.2, 0.25) is 0 Å². The van der Waals surface area contributed by atoms with Crippen LogP contribution in [0.4, 0.5) is 4.79 Å². The molecule has 1 N–H and O–H groups in total. The van der Waals surface area contributed by atoms with Crippen LogP contribution in [-0.2, 0) is 14.6 Å². The molecule has 0 radical (unpaired) electrons. The summed E-state index contributed by atoms with van der Waals surface area (Å²) in [4.78, 5) is 25.9. The van der Waals surface area contributed by atoms with E-state index in [9.17, 15) is 18.0 Å². The second-order valence-corrected chi connectivity index (χ2v) is 8.27. The Morgan fingerprint density at radius 1 is 1.09 bits per heavy atom. The zero-order valence-corrected chi connectivity index (χ0v) is 13.6. The van der Waals surface area contributed by atoms with Gasteiger partial charge in [-0.15, -0.1) is 0 Å². The van der Waals surface area contributed by atoms with Gasteiger partial charge in [-0.3, -0.25) is 9.69 Å². The molecule has 3 rings (SSSR count). The third kappa shape index (κ3) is 2.97. The van der Waals surface area contributed by atoms with Crippen molar-refractivity contribution in [1.29, 1.82) is 0 Å². The third-order valence-corrected chi connectivity index (χ3v) is 6.42. The number of rotatable bonds is 5. The van der Waals surface area contributed by atoms with Gasteiger partial charge in [-0.1, -0.05) is 31.0 Å². The van der Waals surface area contributed by atoms with Crippen LogP contribution in [0.5, 0.6) is 0 Å². The molecule has 0 aromatic heterocycles. The van der Waals surface area contributed by atoms with Crippen molar-refractivity contribution in [3.63, 3.8) is 0 Å². The molecule has 6 nitrogen and oxygen atoms in total.